The van der Waals surface area contributed by atoms with Crippen LogP contribution in [0.2, 0.25) is 0 Å². The molecule has 2 rings (SSSR count). The molecule has 0 bridgehead atoms. The minimum absolute atomic E-state index is 0.219. The monoisotopic (exact) mass is 265 g/mol. The number of hydrogen-bond acceptors (Lipinski definition) is 4. The van der Waals surface area contributed by atoms with Crippen LogP contribution in [0.3, 0.4) is 0 Å². The molecule has 0 saturated carbocycles. The molecule has 2 N–H and O–H groups in total. The van der Waals surface area contributed by atoms with Crippen molar-refractivity contribution >= 4 is 17.3 Å². The maximum absolute atomic E-state index is 5.98. The molecule has 3 nitrogen and oxygen atoms in total. The van der Waals surface area contributed by atoms with Gasteiger partial charge in [-0.15, -0.1) is 11.3 Å². The molecule has 1 aromatic rings. The first-order chi connectivity index (χ1) is 8.30. The van der Waals surface area contributed by atoms with Crippen LogP contribution in [0.4, 0.5) is 0 Å². The Morgan fingerprint density at radius 2 is 2.06 bits per heavy atom. The Morgan fingerprint density at radius 1 is 1.39 bits per heavy atom. The van der Waals surface area contributed by atoms with Crippen molar-refractivity contribution in [3.05, 3.63) is 21.9 Å². The zero-order chi connectivity index (χ0) is 13.5. The Hall–Kier alpha value is -1.03. The lowest BCUT2D eigenvalue weighted by Crippen LogP contribution is -2.40. The van der Waals surface area contributed by atoms with Crippen molar-refractivity contribution in [3.63, 3.8) is 0 Å². The summed E-state index contributed by atoms with van der Waals surface area (Å²) in [6.07, 6.45) is 0. The van der Waals surface area contributed by atoms with Crippen molar-refractivity contribution < 1.29 is 0 Å². The Morgan fingerprint density at radius 3 is 2.56 bits per heavy atom. The molecule has 0 aromatic carbocycles. The van der Waals surface area contributed by atoms with E-state index in [0.29, 0.717) is 18.0 Å². The van der Waals surface area contributed by atoms with Gasteiger partial charge in [-0.2, -0.15) is 0 Å². The predicted octanol–water partition coefficient (Wildman–Crippen LogP) is 3.13. The SMILES string of the molecule is CC(C)N1C(N)=NCC1c1ccc(C(C)(C)C)s1. The number of nitrogens with two attached hydrogens (primary N) is 1. The van der Waals surface area contributed by atoms with Crippen molar-refractivity contribution in [3.8, 4) is 0 Å². The van der Waals surface area contributed by atoms with Crippen LogP contribution >= 0.6 is 11.3 Å². The molecule has 0 spiro atoms. The van der Waals surface area contributed by atoms with Crippen LogP contribution in [0.15, 0.2) is 17.1 Å². The average molecular weight is 265 g/mol. The lowest BCUT2D eigenvalue weighted by Gasteiger charge is -2.29. The van der Waals surface area contributed by atoms with Gasteiger partial charge in [0.15, 0.2) is 5.96 Å². The van der Waals surface area contributed by atoms with E-state index >= 15 is 0 Å². The van der Waals surface area contributed by atoms with Crippen LogP contribution in [-0.2, 0) is 5.41 Å². The third kappa shape index (κ3) is 2.39. The van der Waals surface area contributed by atoms with E-state index in [4.69, 9.17) is 5.73 Å². The highest BCUT2D eigenvalue weighted by Crippen LogP contribution is 2.36. The van der Waals surface area contributed by atoms with Crippen LogP contribution in [0, 0.1) is 0 Å². The summed E-state index contributed by atoms with van der Waals surface area (Å²) >= 11 is 1.89. The van der Waals surface area contributed by atoms with Crippen LogP contribution < -0.4 is 5.73 Å². The second-order valence-electron chi connectivity index (χ2n) is 6.17. The van der Waals surface area contributed by atoms with Gasteiger partial charge in [0.05, 0.1) is 12.6 Å². The number of aliphatic imine (C=N–C) groups is 1. The normalized spacial score (nSPS) is 20.7. The zero-order valence-corrected chi connectivity index (χ0v) is 12.7. The molecule has 1 aromatic heterocycles. The predicted molar refractivity (Wildman–Crippen MR) is 79.2 cm³/mol. The maximum Gasteiger partial charge on any atom is 0.192 e. The first-order valence-electron chi connectivity index (χ1n) is 6.49. The van der Waals surface area contributed by atoms with E-state index in [9.17, 15) is 0 Å². The molecule has 1 atom stereocenters. The fourth-order valence-electron chi connectivity index (χ4n) is 2.30. The van der Waals surface area contributed by atoms with E-state index in [1.54, 1.807) is 0 Å². The van der Waals surface area contributed by atoms with E-state index in [1.165, 1.54) is 9.75 Å². The lowest BCUT2D eigenvalue weighted by atomic mass is 9.95. The third-order valence-corrected chi connectivity index (χ3v) is 4.89. The maximum atomic E-state index is 5.98. The molecule has 0 aliphatic carbocycles. The number of nitrogens with zero attached hydrogens (tertiary/aromatic N) is 2. The fraction of sp³-hybridized carbons (Fsp3) is 0.643. The van der Waals surface area contributed by atoms with Crippen LogP contribution in [0.25, 0.3) is 0 Å². The first kappa shape index (κ1) is 13.4. The van der Waals surface area contributed by atoms with Gasteiger partial charge < -0.3 is 10.6 Å². The largest absolute Gasteiger partial charge is 0.370 e. The standard InChI is InChI=1S/C14H23N3S/c1-9(2)17-10(8-16-13(17)15)11-6-7-12(18-11)14(3,4)5/h6-7,9-10H,8H2,1-5H3,(H2,15,16). The number of rotatable bonds is 2. The van der Waals surface area contributed by atoms with Crippen molar-refractivity contribution in [2.75, 3.05) is 6.54 Å². The molecule has 0 saturated heterocycles. The van der Waals surface area contributed by atoms with E-state index < -0.39 is 0 Å². The summed E-state index contributed by atoms with van der Waals surface area (Å²) in [4.78, 5) is 9.41. The summed E-state index contributed by atoms with van der Waals surface area (Å²) in [6, 6.07) is 5.19. The van der Waals surface area contributed by atoms with E-state index in [2.05, 4.69) is 56.6 Å². The van der Waals surface area contributed by atoms with Crippen molar-refractivity contribution in [2.45, 2.75) is 52.1 Å². The van der Waals surface area contributed by atoms with E-state index in [-0.39, 0.29) is 5.41 Å². The van der Waals surface area contributed by atoms with Gasteiger partial charge in [-0.05, 0) is 31.4 Å². The summed E-state index contributed by atoms with van der Waals surface area (Å²) in [5.41, 5.74) is 6.20. The van der Waals surface area contributed by atoms with Gasteiger partial charge in [0, 0.05) is 15.8 Å². The Labute approximate surface area is 114 Å². The molecule has 0 amide bonds. The number of thiophene rings is 1. The molecule has 18 heavy (non-hydrogen) atoms. The summed E-state index contributed by atoms with van der Waals surface area (Å²) in [6.45, 7) is 11.9. The van der Waals surface area contributed by atoms with E-state index in [1.807, 2.05) is 11.3 Å². The van der Waals surface area contributed by atoms with Crippen LogP contribution in [0.5, 0.6) is 0 Å². The minimum Gasteiger partial charge on any atom is -0.370 e. The van der Waals surface area contributed by atoms with E-state index in [0.717, 1.165) is 6.54 Å². The quantitative estimate of drug-likeness (QED) is 0.892. The van der Waals surface area contributed by atoms with Gasteiger partial charge in [0.2, 0.25) is 0 Å². The lowest BCUT2D eigenvalue weighted by molar-refractivity contribution is 0.293. The highest BCUT2D eigenvalue weighted by Gasteiger charge is 2.31. The van der Waals surface area contributed by atoms with Crippen molar-refractivity contribution in [1.82, 2.24) is 4.90 Å². The van der Waals surface area contributed by atoms with Gasteiger partial charge in [-0.3, -0.25) is 4.99 Å². The molecule has 4 heteroatoms. The molecule has 0 fully saturated rings. The summed E-state index contributed by atoms with van der Waals surface area (Å²) in [5, 5.41) is 0. The van der Waals surface area contributed by atoms with Gasteiger partial charge in [0.25, 0.3) is 0 Å². The first-order valence-corrected chi connectivity index (χ1v) is 7.31. The average Bonchev–Trinajstić information content (AvgIpc) is 2.81. The number of guanidine groups is 1. The fourth-order valence-corrected chi connectivity index (χ4v) is 3.45. The molecular formula is C14H23N3S. The van der Waals surface area contributed by atoms with Crippen LogP contribution in [-0.4, -0.2) is 23.4 Å². The van der Waals surface area contributed by atoms with Crippen molar-refractivity contribution in [1.29, 1.82) is 0 Å². The van der Waals surface area contributed by atoms with Gasteiger partial charge in [-0.1, -0.05) is 20.8 Å². The topological polar surface area (TPSA) is 41.6 Å². The zero-order valence-electron chi connectivity index (χ0n) is 11.9. The van der Waals surface area contributed by atoms with Crippen molar-refractivity contribution in [2.24, 2.45) is 10.7 Å². The Kier molecular flexibility index (Phi) is 3.41. The van der Waals surface area contributed by atoms with Gasteiger partial charge in [-0.25, -0.2) is 0 Å². The second-order valence-corrected chi connectivity index (χ2v) is 7.28. The molecule has 0 radical (unpaired) electrons. The van der Waals surface area contributed by atoms with Crippen LogP contribution in [0.1, 0.15) is 50.4 Å². The van der Waals surface area contributed by atoms with Gasteiger partial charge in [0.1, 0.15) is 0 Å². The Balaban J connectivity index is 2.25. The summed E-state index contributed by atoms with van der Waals surface area (Å²) in [7, 11) is 0. The molecule has 1 aliphatic rings. The minimum atomic E-state index is 0.219. The highest BCUT2D eigenvalue weighted by atomic mass is 32.1. The Bertz CT molecular complexity index is 454. The summed E-state index contributed by atoms with van der Waals surface area (Å²) in [5.74, 6) is 0.681. The third-order valence-electron chi connectivity index (χ3n) is 3.28. The molecule has 1 unspecified atom stereocenters. The molecular weight excluding hydrogens is 242 g/mol. The molecule has 100 valence electrons. The number of hydrogen-bond donors (Lipinski definition) is 1. The second kappa shape index (κ2) is 4.57. The highest BCUT2D eigenvalue weighted by molar-refractivity contribution is 7.12. The van der Waals surface area contributed by atoms with Gasteiger partial charge >= 0.3 is 0 Å². The molecule has 2 heterocycles. The summed E-state index contributed by atoms with van der Waals surface area (Å²) < 4.78 is 0. The smallest absolute Gasteiger partial charge is 0.192 e. The molecule has 1 aliphatic heterocycles.